The molecule has 3 aromatic rings. The summed E-state index contributed by atoms with van der Waals surface area (Å²) in [6.07, 6.45) is 0. The number of benzene rings is 2. The van der Waals surface area contributed by atoms with Gasteiger partial charge in [-0.25, -0.2) is 0 Å². The number of aromatic nitrogens is 2. The fourth-order valence-corrected chi connectivity index (χ4v) is 4.31. The van der Waals surface area contributed by atoms with Crippen LogP contribution < -0.4 is 20.7 Å². The monoisotopic (exact) mass is 443 g/mol. The van der Waals surface area contributed by atoms with Crippen LogP contribution in [-0.2, 0) is 9.59 Å². The average Bonchev–Trinajstić information content (AvgIpc) is 3.16. The van der Waals surface area contributed by atoms with Crippen molar-refractivity contribution in [1.82, 2.24) is 10.2 Å². The van der Waals surface area contributed by atoms with E-state index in [4.69, 9.17) is 4.74 Å². The predicted octanol–water partition coefficient (Wildman–Crippen LogP) is 4.37. The van der Waals surface area contributed by atoms with Crippen LogP contribution in [0.1, 0.15) is 13.8 Å². The maximum atomic E-state index is 12.5. The largest absolute Gasteiger partial charge is 0.497 e. The van der Waals surface area contributed by atoms with Gasteiger partial charge in [0.2, 0.25) is 16.9 Å². The zero-order valence-electron chi connectivity index (χ0n) is 16.6. The molecule has 1 heterocycles. The molecule has 3 rings (SSSR count). The molecular weight excluding hydrogens is 422 g/mol. The van der Waals surface area contributed by atoms with Crippen molar-refractivity contribution in [3.63, 3.8) is 0 Å². The lowest BCUT2D eigenvalue weighted by atomic mass is 10.2. The molecular formula is C20H21N5O3S2. The number of hydrogen-bond acceptors (Lipinski definition) is 8. The first-order chi connectivity index (χ1) is 14.4. The van der Waals surface area contributed by atoms with Crippen LogP contribution >= 0.6 is 23.1 Å². The fraction of sp³-hybridized carbons (Fsp3) is 0.200. The van der Waals surface area contributed by atoms with Crippen LogP contribution in [0.4, 0.5) is 22.2 Å². The van der Waals surface area contributed by atoms with Gasteiger partial charge < -0.3 is 20.7 Å². The highest BCUT2D eigenvalue weighted by Gasteiger charge is 2.17. The van der Waals surface area contributed by atoms with Gasteiger partial charge in [-0.1, -0.05) is 23.1 Å². The van der Waals surface area contributed by atoms with Crippen LogP contribution in [0.15, 0.2) is 52.9 Å². The third kappa shape index (κ3) is 6.19. The Morgan fingerprint density at radius 1 is 0.967 bits per heavy atom. The van der Waals surface area contributed by atoms with E-state index < -0.39 is 0 Å². The smallest absolute Gasteiger partial charge is 0.237 e. The Labute approximate surface area is 182 Å². The molecule has 0 spiro atoms. The molecule has 10 heteroatoms. The maximum Gasteiger partial charge on any atom is 0.237 e. The molecule has 2 amide bonds. The molecule has 0 saturated heterocycles. The summed E-state index contributed by atoms with van der Waals surface area (Å²) in [7, 11) is 1.62. The van der Waals surface area contributed by atoms with Gasteiger partial charge in [0.05, 0.1) is 12.4 Å². The van der Waals surface area contributed by atoms with Crippen LogP contribution in [0, 0.1) is 0 Å². The molecule has 0 radical (unpaired) electrons. The highest BCUT2D eigenvalue weighted by atomic mass is 32.2. The van der Waals surface area contributed by atoms with Gasteiger partial charge in [-0.05, 0) is 55.5 Å². The van der Waals surface area contributed by atoms with E-state index in [0.29, 0.717) is 20.8 Å². The summed E-state index contributed by atoms with van der Waals surface area (Å²) < 4.78 is 5.83. The summed E-state index contributed by atoms with van der Waals surface area (Å²) >= 11 is 2.71. The topological polar surface area (TPSA) is 105 Å². The van der Waals surface area contributed by atoms with Crippen LogP contribution in [-0.4, -0.2) is 34.4 Å². The second kappa shape index (κ2) is 10.1. The minimum absolute atomic E-state index is 0.144. The minimum atomic E-state index is -0.359. The number of rotatable bonds is 8. The minimum Gasteiger partial charge on any atom is -0.497 e. The van der Waals surface area contributed by atoms with E-state index in [9.17, 15) is 9.59 Å². The lowest BCUT2D eigenvalue weighted by Crippen LogP contribution is -2.22. The Balaban J connectivity index is 1.53. The Kier molecular flexibility index (Phi) is 7.26. The molecule has 0 aliphatic heterocycles. The molecule has 0 fully saturated rings. The van der Waals surface area contributed by atoms with E-state index >= 15 is 0 Å². The van der Waals surface area contributed by atoms with Gasteiger partial charge >= 0.3 is 0 Å². The van der Waals surface area contributed by atoms with E-state index in [1.807, 2.05) is 31.2 Å². The number of anilines is 4. The first kappa shape index (κ1) is 21.6. The van der Waals surface area contributed by atoms with Crippen molar-refractivity contribution < 1.29 is 14.3 Å². The van der Waals surface area contributed by atoms with Crippen molar-refractivity contribution >= 4 is 57.1 Å². The van der Waals surface area contributed by atoms with Crippen molar-refractivity contribution in [2.75, 3.05) is 23.1 Å². The zero-order chi connectivity index (χ0) is 21.5. The van der Waals surface area contributed by atoms with E-state index in [-0.39, 0.29) is 17.1 Å². The maximum absolute atomic E-state index is 12.5. The van der Waals surface area contributed by atoms with Gasteiger partial charge in [-0.2, -0.15) is 0 Å². The number of carbonyl (C=O) groups is 2. The first-order valence-electron chi connectivity index (χ1n) is 9.02. The lowest BCUT2D eigenvalue weighted by Gasteiger charge is -2.11. The molecule has 0 aliphatic carbocycles. The average molecular weight is 444 g/mol. The molecule has 30 heavy (non-hydrogen) atoms. The Morgan fingerprint density at radius 3 is 2.17 bits per heavy atom. The molecule has 1 aromatic heterocycles. The molecule has 0 saturated carbocycles. The lowest BCUT2D eigenvalue weighted by molar-refractivity contribution is -0.115. The summed E-state index contributed by atoms with van der Waals surface area (Å²) in [5.41, 5.74) is 2.20. The molecule has 156 valence electrons. The summed E-state index contributed by atoms with van der Waals surface area (Å²) in [4.78, 5) is 23.5. The van der Waals surface area contributed by atoms with E-state index in [0.717, 1.165) is 11.4 Å². The number of nitrogens with zero attached hydrogens (tertiary/aromatic N) is 2. The van der Waals surface area contributed by atoms with Gasteiger partial charge in [0, 0.05) is 24.0 Å². The SMILES string of the molecule is COc1ccc(Nc2nnc(SC(C)C(=O)Nc3ccc(NC(C)=O)cc3)s2)cc1. The van der Waals surface area contributed by atoms with Gasteiger partial charge in [-0.15, -0.1) is 10.2 Å². The van der Waals surface area contributed by atoms with Crippen molar-refractivity contribution in [3.8, 4) is 5.75 Å². The third-order valence-electron chi connectivity index (χ3n) is 3.87. The van der Waals surface area contributed by atoms with E-state index in [1.54, 1.807) is 31.4 Å². The molecule has 0 aliphatic rings. The molecule has 8 nitrogen and oxygen atoms in total. The molecule has 1 unspecified atom stereocenters. The number of thioether (sulfide) groups is 1. The number of ether oxygens (including phenoxy) is 1. The highest BCUT2D eigenvalue weighted by molar-refractivity contribution is 8.02. The van der Waals surface area contributed by atoms with Gasteiger partial charge in [0.1, 0.15) is 5.75 Å². The molecule has 2 aromatic carbocycles. The Morgan fingerprint density at radius 2 is 1.57 bits per heavy atom. The predicted molar refractivity (Wildman–Crippen MR) is 121 cm³/mol. The summed E-state index contributed by atoms with van der Waals surface area (Å²) in [6, 6.07) is 14.4. The van der Waals surface area contributed by atoms with Crippen molar-refractivity contribution in [3.05, 3.63) is 48.5 Å². The fourth-order valence-electron chi connectivity index (χ4n) is 2.39. The summed E-state index contributed by atoms with van der Waals surface area (Å²) in [6.45, 7) is 3.25. The third-order valence-corrected chi connectivity index (χ3v) is 5.89. The Bertz CT molecular complexity index is 1010. The Hall–Kier alpha value is -3.11. The van der Waals surface area contributed by atoms with Crippen LogP contribution in [0.2, 0.25) is 0 Å². The van der Waals surface area contributed by atoms with Crippen molar-refractivity contribution in [1.29, 1.82) is 0 Å². The summed E-state index contributed by atoms with van der Waals surface area (Å²) in [5.74, 6) is 0.487. The number of hydrogen-bond donors (Lipinski definition) is 3. The van der Waals surface area contributed by atoms with Gasteiger partial charge in [0.25, 0.3) is 0 Å². The number of amides is 2. The van der Waals surface area contributed by atoms with Crippen molar-refractivity contribution in [2.24, 2.45) is 0 Å². The normalized spacial score (nSPS) is 11.4. The van der Waals surface area contributed by atoms with Crippen molar-refractivity contribution in [2.45, 2.75) is 23.4 Å². The molecule has 0 bridgehead atoms. The zero-order valence-corrected chi connectivity index (χ0v) is 18.3. The van der Waals surface area contributed by atoms with Crippen LogP contribution in [0.5, 0.6) is 5.75 Å². The highest BCUT2D eigenvalue weighted by Crippen LogP contribution is 2.31. The second-order valence-electron chi connectivity index (χ2n) is 6.23. The van der Waals surface area contributed by atoms with E-state index in [2.05, 4.69) is 26.1 Å². The number of carbonyl (C=O) groups excluding carboxylic acids is 2. The van der Waals surface area contributed by atoms with Crippen LogP contribution in [0.3, 0.4) is 0 Å². The van der Waals surface area contributed by atoms with Crippen LogP contribution in [0.25, 0.3) is 0 Å². The number of nitrogens with one attached hydrogen (secondary N) is 3. The molecule has 1 atom stereocenters. The first-order valence-corrected chi connectivity index (χ1v) is 10.7. The quantitative estimate of drug-likeness (QED) is 0.444. The van der Waals surface area contributed by atoms with Gasteiger partial charge in [-0.3, -0.25) is 9.59 Å². The second-order valence-corrected chi connectivity index (χ2v) is 8.80. The van der Waals surface area contributed by atoms with E-state index in [1.165, 1.54) is 30.0 Å². The number of methoxy groups -OCH3 is 1. The van der Waals surface area contributed by atoms with Gasteiger partial charge in [0.15, 0.2) is 4.34 Å². The summed E-state index contributed by atoms with van der Waals surface area (Å²) in [5, 5.41) is 17.3. The standard InChI is InChI=1S/C20H21N5O3S2/c1-12(18(27)22-15-6-4-14(5-7-15)21-13(2)26)29-20-25-24-19(30-20)23-16-8-10-17(28-3)11-9-16/h4-12H,1-3H3,(H,21,26)(H,22,27)(H,23,24). The molecule has 3 N–H and O–H groups in total.